The molecule has 26 heavy (non-hydrogen) atoms. The van der Waals surface area contributed by atoms with E-state index in [1.54, 1.807) is 0 Å². The van der Waals surface area contributed by atoms with Crippen molar-refractivity contribution in [1.29, 1.82) is 0 Å². The molecular weight excluding hydrogens is 444 g/mol. The summed E-state index contributed by atoms with van der Waals surface area (Å²) >= 11 is 3.18. The molecule has 0 aliphatic rings. The molecule has 1 amide bonds. The summed E-state index contributed by atoms with van der Waals surface area (Å²) in [6.45, 7) is 2.13. The molecule has 0 aromatic heterocycles. The van der Waals surface area contributed by atoms with Crippen molar-refractivity contribution in [1.82, 2.24) is 0 Å². The molecule has 0 saturated heterocycles. The van der Waals surface area contributed by atoms with Crippen LogP contribution in [0.5, 0.6) is 0 Å². The maximum atomic E-state index is 12.0. The second kappa shape index (κ2) is 9.70. The van der Waals surface area contributed by atoms with Crippen LogP contribution in [0.15, 0.2) is 22.7 Å². The highest BCUT2D eigenvalue weighted by atomic mass is 79.9. The Kier molecular flexibility index (Phi) is 8.55. The molecule has 148 valence electrons. The Bertz CT molecular complexity index is 806. The quantitative estimate of drug-likeness (QED) is 0.529. The van der Waals surface area contributed by atoms with Crippen LogP contribution in [0.2, 0.25) is 0 Å². The summed E-state index contributed by atoms with van der Waals surface area (Å²) in [4.78, 5) is 12.0. The van der Waals surface area contributed by atoms with Gasteiger partial charge in [-0.1, -0.05) is 32.6 Å². The second-order valence-corrected chi connectivity index (χ2v) is 10.8. The molecule has 0 bridgehead atoms. The van der Waals surface area contributed by atoms with Crippen LogP contribution in [0.3, 0.4) is 0 Å². The molecule has 0 spiro atoms. The predicted octanol–water partition coefficient (Wildman–Crippen LogP) is 3.47. The summed E-state index contributed by atoms with van der Waals surface area (Å²) in [5.74, 6) is -0.135. The van der Waals surface area contributed by atoms with Gasteiger partial charge in [0.1, 0.15) is 0 Å². The van der Waals surface area contributed by atoms with Gasteiger partial charge in [-0.25, -0.2) is 16.8 Å². The van der Waals surface area contributed by atoms with E-state index < -0.39 is 20.0 Å². The number of sulfonamides is 2. The van der Waals surface area contributed by atoms with Gasteiger partial charge in [0.05, 0.1) is 18.2 Å². The van der Waals surface area contributed by atoms with Crippen molar-refractivity contribution in [3.05, 3.63) is 22.7 Å². The molecule has 1 rings (SSSR count). The Labute approximate surface area is 164 Å². The first-order valence-corrected chi connectivity index (χ1v) is 12.8. The van der Waals surface area contributed by atoms with Crippen LogP contribution in [-0.2, 0) is 24.8 Å². The van der Waals surface area contributed by atoms with Crippen LogP contribution < -0.4 is 9.03 Å². The first-order chi connectivity index (χ1) is 12.0. The lowest BCUT2D eigenvalue weighted by Crippen LogP contribution is -2.35. The minimum absolute atomic E-state index is 0.0347. The van der Waals surface area contributed by atoms with Gasteiger partial charge >= 0.3 is 0 Å². The van der Waals surface area contributed by atoms with Crippen molar-refractivity contribution >= 4 is 53.3 Å². The van der Waals surface area contributed by atoms with Gasteiger partial charge in [-0.05, 0) is 40.5 Å². The minimum atomic E-state index is -4.03. The monoisotopic (exact) mass is 468 g/mol. The number of benzene rings is 1. The predicted molar refractivity (Wildman–Crippen MR) is 108 cm³/mol. The van der Waals surface area contributed by atoms with Gasteiger partial charge in [0.15, 0.2) is 0 Å². The Morgan fingerprint density at radius 1 is 1.04 bits per heavy atom. The number of anilines is 2. The fourth-order valence-corrected chi connectivity index (χ4v) is 6.24. The maximum Gasteiger partial charge on any atom is 0.245 e. The molecule has 0 radical (unpaired) electrons. The zero-order valence-electron chi connectivity index (χ0n) is 15.2. The van der Waals surface area contributed by atoms with Crippen LogP contribution in [0.1, 0.15) is 45.4 Å². The maximum absolute atomic E-state index is 12.0. The lowest BCUT2D eigenvalue weighted by molar-refractivity contribution is -0.116. The Morgan fingerprint density at radius 3 is 2.12 bits per heavy atom. The average Bonchev–Trinajstić information content (AvgIpc) is 2.47. The molecule has 0 saturated carbocycles. The van der Waals surface area contributed by atoms with Gasteiger partial charge in [-0.15, -0.1) is 0 Å². The van der Waals surface area contributed by atoms with Crippen LogP contribution in [0.4, 0.5) is 11.4 Å². The molecule has 0 aliphatic heterocycles. The third-order valence-corrected chi connectivity index (χ3v) is 7.40. The van der Waals surface area contributed by atoms with Gasteiger partial charge in [0.2, 0.25) is 26.0 Å². The number of unbranched alkanes of at least 4 members (excludes halogenated alkanes) is 4. The highest BCUT2D eigenvalue weighted by Gasteiger charge is 2.29. The lowest BCUT2D eigenvalue weighted by atomic mass is 10.1. The molecule has 1 aromatic rings. The van der Waals surface area contributed by atoms with Gasteiger partial charge in [0, 0.05) is 16.6 Å². The van der Waals surface area contributed by atoms with E-state index in [1.807, 2.05) is 0 Å². The molecule has 0 aliphatic carbocycles. The number of nitrogens with zero attached hydrogens (tertiary/aromatic N) is 1. The van der Waals surface area contributed by atoms with Gasteiger partial charge in [-0.2, -0.15) is 3.71 Å². The van der Waals surface area contributed by atoms with E-state index >= 15 is 0 Å². The molecule has 7 nitrogen and oxygen atoms in total. The number of carbonyl (C=O) groups is 1. The van der Waals surface area contributed by atoms with Crippen molar-refractivity contribution in [3.8, 4) is 0 Å². The molecule has 10 heteroatoms. The standard InChI is InChI=1S/C16H25BrN2O5S2/c1-4-5-6-7-8-9-16(20)18-13-10-11-15(14(17)12-13)19(25(2,21)22)26(3,23)24/h10-12H,4-9H2,1-3H3,(H,18,20). The topological polar surface area (TPSA) is 101 Å². The fraction of sp³-hybridized carbons (Fsp3) is 0.562. The Balaban J connectivity index is 2.85. The van der Waals surface area contributed by atoms with Crippen molar-refractivity contribution in [3.63, 3.8) is 0 Å². The zero-order chi connectivity index (χ0) is 20.0. The fourth-order valence-electron chi connectivity index (χ4n) is 2.45. The van der Waals surface area contributed by atoms with Gasteiger partial charge in [0.25, 0.3) is 0 Å². The van der Waals surface area contributed by atoms with E-state index in [0.717, 1.165) is 44.6 Å². The largest absolute Gasteiger partial charge is 0.326 e. The summed E-state index contributed by atoms with van der Waals surface area (Å²) in [6.07, 6.45) is 7.25. The number of rotatable bonds is 10. The number of hydrogen-bond donors (Lipinski definition) is 1. The van der Waals surface area contributed by atoms with Gasteiger partial charge < -0.3 is 5.32 Å². The number of hydrogen-bond acceptors (Lipinski definition) is 5. The van der Waals surface area contributed by atoms with E-state index in [9.17, 15) is 21.6 Å². The Hall–Kier alpha value is -1.13. The second-order valence-electron chi connectivity index (χ2n) is 6.10. The summed E-state index contributed by atoms with van der Waals surface area (Å²) in [7, 11) is -8.05. The summed E-state index contributed by atoms with van der Waals surface area (Å²) in [6, 6.07) is 4.29. The van der Waals surface area contributed by atoms with Crippen LogP contribution in [-0.4, -0.2) is 35.3 Å². The highest BCUT2D eigenvalue weighted by Crippen LogP contribution is 2.32. The Morgan fingerprint density at radius 2 is 1.62 bits per heavy atom. The summed E-state index contributed by atoms with van der Waals surface area (Å²) in [5.41, 5.74) is 0.425. The van der Waals surface area contributed by atoms with E-state index in [2.05, 4.69) is 28.2 Å². The lowest BCUT2D eigenvalue weighted by Gasteiger charge is -2.21. The first-order valence-electron chi connectivity index (χ1n) is 8.26. The number of nitrogens with one attached hydrogen (secondary N) is 1. The van der Waals surface area contributed by atoms with Crippen molar-refractivity contribution in [2.24, 2.45) is 0 Å². The third kappa shape index (κ3) is 7.24. The van der Waals surface area contributed by atoms with E-state index in [1.165, 1.54) is 18.2 Å². The molecule has 1 aromatic carbocycles. The van der Waals surface area contributed by atoms with Crippen LogP contribution in [0, 0.1) is 0 Å². The minimum Gasteiger partial charge on any atom is -0.326 e. The van der Waals surface area contributed by atoms with E-state index in [4.69, 9.17) is 0 Å². The number of halogens is 1. The summed E-state index contributed by atoms with van der Waals surface area (Å²) in [5, 5.41) is 2.73. The van der Waals surface area contributed by atoms with E-state index in [-0.39, 0.29) is 16.1 Å². The van der Waals surface area contributed by atoms with Gasteiger partial charge in [-0.3, -0.25) is 4.79 Å². The zero-order valence-corrected chi connectivity index (χ0v) is 18.4. The van der Waals surface area contributed by atoms with Crippen molar-refractivity contribution < 1.29 is 21.6 Å². The normalized spacial score (nSPS) is 12.0. The average molecular weight is 469 g/mol. The molecule has 0 unspecified atom stereocenters. The van der Waals surface area contributed by atoms with Crippen molar-refractivity contribution in [2.75, 3.05) is 21.5 Å². The highest BCUT2D eigenvalue weighted by molar-refractivity contribution is 9.10. The third-order valence-electron chi connectivity index (χ3n) is 3.54. The van der Waals surface area contributed by atoms with Crippen LogP contribution in [0.25, 0.3) is 0 Å². The number of amides is 1. The number of carbonyl (C=O) groups excluding carboxylic acids is 1. The van der Waals surface area contributed by atoms with E-state index in [0.29, 0.717) is 15.8 Å². The molecular formula is C16H25BrN2O5S2. The smallest absolute Gasteiger partial charge is 0.245 e. The molecule has 0 fully saturated rings. The van der Waals surface area contributed by atoms with Crippen LogP contribution >= 0.6 is 15.9 Å². The molecule has 1 N–H and O–H groups in total. The SMILES string of the molecule is CCCCCCCC(=O)Nc1ccc(N(S(C)(=O)=O)S(C)(=O)=O)c(Br)c1. The molecule has 0 heterocycles. The first kappa shape index (κ1) is 22.9. The summed E-state index contributed by atoms with van der Waals surface area (Å²) < 4.78 is 48.0. The van der Waals surface area contributed by atoms with Crippen molar-refractivity contribution in [2.45, 2.75) is 45.4 Å². The molecule has 0 atom stereocenters.